The molecule has 2 aromatic carbocycles. The Bertz CT molecular complexity index is 1600. The Labute approximate surface area is 225 Å². The van der Waals surface area contributed by atoms with E-state index in [0.717, 1.165) is 41.6 Å². The van der Waals surface area contributed by atoms with Crippen LogP contribution in [0.3, 0.4) is 0 Å². The molecule has 2 heterocycles. The highest BCUT2D eigenvalue weighted by atomic mass is 32.2. The van der Waals surface area contributed by atoms with Crippen molar-refractivity contribution in [1.29, 1.82) is 0 Å². The van der Waals surface area contributed by atoms with Gasteiger partial charge in [0.2, 0.25) is 10.0 Å². The first-order valence-corrected chi connectivity index (χ1v) is 13.9. The lowest BCUT2D eigenvalue weighted by atomic mass is 9.96. The molecule has 8 nitrogen and oxygen atoms in total. The third-order valence-electron chi connectivity index (χ3n) is 6.20. The molecule has 1 aliphatic rings. The number of nitrogens with two attached hydrogens (primary N) is 1. The molecule has 1 unspecified atom stereocenters. The summed E-state index contributed by atoms with van der Waals surface area (Å²) in [6.45, 7) is 1.77. The van der Waals surface area contributed by atoms with E-state index in [1.165, 1.54) is 28.8 Å². The van der Waals surface area contributed by atoms with Gasteiger partial charge in [-0.1, -0.05) is 28.3 Å². The van der Waals surface area contributed by atoms with Crippen molar-refractivity contribution in [3.8, 4) is 28.2 Å². The Morgan fingerprint density at radius 3 is 2.71 bits per heavy atom. The van der Waals surface area contributed by atoms with Gasteiger partial charge >= 0.3 is 5.97 Å². The lowest BCUT2D eigenvalue weighted by Crippen LogP contribution is -2.07. The van der Waals surface area contributed by atoms with Crippen molar-refractivity contribution in [2.24, 2.45) is 11.1 Å². The minimum Gasteiger partial charge on any atom is -0.870 e. The molecule has 38 heavy (non-hydrogen) atoms. The van der Waals surface area contributed by atoms with E-state index < -0.39 is 22.8 Å². The van der Waals surface area contributed by atoms with Crippen LogP contribution in [0, 0.1) is 23.6 Å². The maximum atomic E-state index is 14.7. The van der Waals surface area contributed by atoms with Gasteiger partial charge in [-0.15, -0.1) is 22.4 Å². The van der Waals surface area contributed by atoms with Crippen LogP contribution in [0.5, 0.6) is 0 Å². The number of halogens is 1. The van der Waals surface area contributed by atoms with Crippen molar-refractivity contribution in [3.05, 3.63) is 81.7 Å². The van der Waals surface area contributed by atoms with Crippen molar-refractivity contribution in [1.82, 2.24) is 14.8 Å². The van der Waals surface area contributed by atoms with Crippen LogP contribution in [-0.4, -0.2) is 31.3 Å². The van der Waals surface area contributed by atoms with Gasteiger partial charge in [-0.25, -0.2) is 18.9 Å². The first kappa shape index (κ1) is 27.3. The fourth-order valence-corrected chi connectivity index (χ4v) is 5.53. The number of nitrogens with zero attached hydrogens (tertiary/aromatic N) is 3. The number of aromatic nitrogens is 3. The second kappa shape index (κ2) is 11.4. The molecule has 0 bridgehead atoms. The predicted octanol–water partition coefficient (Wildman–Crippen LogP) is 4.50. The molecule has 0 radical (unpaired) electrons. The number of thiazole rings is 1. The van der Waals surface area contributed by atoms with Crippen molar-refractivity contribution < 1.29 is 24.0 Å². The quantitative estimate of drug-likeness (QED) is 0.187. The molecule has 0 amide bonds. The molecular weight excluding hydrogens is 527 g/mol. The summed E-state index contributed by atoms with van der Waals surface area (Å²) in [5.41, 5.74) is 4.87. The number of thiol groups is 1. The van der Waals surface area contributed by atoms with Crippen molar-refractivity contribution in [2.75, 3.05) is 0 Å². The molecule has 1 atom stereocenters. The fraction of sp³-hybridized carbons (Fsp3) is 0.222. The number of rotatable bonds is 8. The molecule has 0 spiro atoms. The summed E-state index contributed by atoms with van der Waals surface area (Å²) in [6, 6.07) is 12.3. The number of carboxylic acids is 1. The molecule has 196 valence electrons. The predicted molar refractivity (Wildman–Crippen MR) is 144 cm³/mol. The molecule has 4 N–H and O–H groups in total. The number of hydrogen-bond donors (Lipinski definition) is 2. The van der Waals surface area contributed by atoms with Crippen molar-refractivity contribution in [3.63, 3.8) is 0 Å². The minimum absolute atomic E-state index is 0. The largest absolute Gasteiger partial charge is 0.870 e. The van der Waals surface area contributed by atoms with E-state index in [1.54, 1.807) is 17.7 Å². The number of aromatic carboxylic acids is 1. The summed E-state index contributed by atoms with van der Waals surface area (Å²) in [5.74, 6) is 4.78. The van der Waals surface area contributed by atoms with Gasteiger partial charge in [0.15, 0.2) is 22.5 Å². The smallest absolute Gasteiger partial charge is 0.355 e. The third-order valence-corrected chi connectivity index (χ3v) is 7.85. The SMILES string of the molecule is CC#Cc1cccc(-c2nn(-c3nc(C(=O)O)cs3)c(CC3CC3)c2Cc2ccc([SH+](N)=O)c(F)c2)c1.[OH-]. The Morgan fingerprint density at radius 1 is 1.29 bits per heavy atom. The molecule has 5 rings (SSSR count). The molecule has 0 saturated heterocycles. The zero-order valence-electron chi connectivity index (χ0n) is 20.4. The van der Waals surface area contributed by atoms with Crippen LogP contribution < -0.4 is 5.14 Å². The van der Waals surface area contributed by atoms with E-state index in [-0.39, 0.29) is 16.1 Å². The van der Waals surface area contributed by atoms with Crippen LogP contribution >= 0.6 is 11.3 Å². The van der Waals surface area contributed by atoms with E-state index in [4.69, 9.17) is 10.2 Å². The van der Waals surface area contributed by atoms with E-state index >= 15 is 0 Å². The molecular formula is C27H25FN4O4S2. The lowest BCUT2D eigenvalue weighted by molar-refractivity contribution is 0.0691. The van der Waals surface area contributed by atoms with E-state index in [1.807, 2.05) is 24.3 Å². The highest BCUT2D eigenvalue weighted by Gasteiger charge is 2.29. The molecule has 11 heteroatoms. The van der Waals surface area contributed by atoms with Crippen LogP contribution in [0.25, 0.3) is 16.4 Å². The number of carboxylic acid groups (broad SMARTS) is 1. The van der Waals surface area contributed by atoms with E-state index in [9.17, 15) is 18.5 Å². The molecule has 1 saturated carbocycles. The average molecular weight is 553 g/mol. The van der Waals surface area contributed by atoms with Crippen molar-refractivity contribution in [2.45, 2.75) is 37.5 Å². The van der Waals surface area contributed by atoms with Crippen LogP contribution in [0.1, 0.15) is 52.6 Å². The van der Waals surface area contributed by atoms with Gasteiger partial charge in [0.1, 0.15) is 0 Å². The summed E-state index contributed by atoms with van der Waals surface area (Å²) >= 11 is 1.21. The van der Waals surface area contributed by atoms with Crippen molar-refractivity contribution >= 4 is 28.3 Å². The highest BCUT2D eigenvalue weighted by Crippen LogP contribution is 2.38. The van der Waals surface area contributed by atoms with E-state index in [2.05, 4.69) is 16.8 Å². The Kier molecular flexibility index (Phi) is 8.18. The van der Waals surface area contributed by atoms with Gasteiger partial charge in [-0.2, -0.15) is 5.10 Å². The summed E-state index contributed by atoms with van der Waals surface area (Å²) < 4.78 is 28.1. The Hall–Kier alpha value is -3.69. The summed E-state index contributed by atoms with van der Waals surface area (Å²) in [7, 11) is -2.29. The lowest BCUT2D eigenvalue weighted by Gasteiger charge is -2.09. The first-order chi connectivity index (χ1) is 17.8. The van der Waals surface area contributed by atoms with E-state index in [0.29, 0.717) is 28.7 Å². The maximum absolute atomic E-state index is 14.7. The van der Waals surface area contributed by atoms with Gasteiger partial charge in [0, 0.05) is 28.5 Å². The topological polar surface area (TPSA) is 141 Å². The summed E-state index contributed by atoms with van der Waals surface area (Å²) in [5, 5.41) is 21.7. The molecule has 1 aliphatic carbocycles. The van der Waals surface area contributed by atoms with Gasteiger partial charge in [-0.05, 0) is 61.9 Å². The molecule has 2 aromatic heterocycles. The summed E-state index contributed by atoms with van der Waals surface area (Å²) in [6.07, 6.45) is 3.32. The van der Waals surface area contributed by atoms with Gasteiger partial charge in [-0.3, -0.25) is 0 Å². The number of benzene rings is 2. The monoisotopic (exact) mass is 552 g/mol. The second-order valence-electron chi connectivity index (χ2n) is 8.90. The first-order valence-electron chi connectivity index (χ1n) is 11.7. The number of hydrogen-bond acceptors (Lipinski definition) is 6. The van der Waals surface area contributed by atoms with Crippen LogP contribution in [0.2, 0.25) is 0 Å². The Balaban J connectivity index is 0.00000336. The minimum atomic E-state index is -2.29. The fourth-order valence-electron chi connectivity index (χ4n) is 4.26. The van der Waals surface area contributed by atoms with Gasteiger partial charge in [0.25, 0.3) is 0 Å². The standard InChI is InChI=1S/C27H23FN4O3S2.H2O/c1-2-4-16-5-3-6-19(11-16)25-20(12-18-9-10-24(37(29)35)21(28)13-18)23(14-17-7-8-17)32(31-25)27-30-22(15-36-27)26(33)34;/h3,5-6,9-11,13,15,17H,7-8,12,14H2,1H3,(H2,29,35)(H,33,34);1H2. The average Bonchev–Trinajstić information content (AvgIpc) is 3.42. The summed E-state index contributed by atoms with van der Waals surface area (Å²) in [4.78, 5) is 15.8. The maximum Gasteiger partial charge on any atom is 0.355 e. The molecule has 0 aliphatic heterocycles. The molecule has 1 fully saturated rings. The highest BCUT2D eigenvalue weighted by molar-refractivity contribution is 7.82. The second-order valence-corrected chi connectivity index (χ2v) is 10.9. The Morgan fingerprint density at radius 2 is 2.08 bits per heavy atom. The van der Waals surface area contributed by atoms with Crippen LogP contribution in [-0.2, 0) is 28.0 Å². The molecule has 4 aromatic rings. The normalized spacial score (nSPS) is 13.3. The third kappa shape index (κ3) is 5.74. The zero-order chi connectivity index (χ0) is 26.1. The van der Waals surface area contributed by atoms with Gasteiger partial charge < -0.3 is 10.6 Å². The van der Waals surface area contributed by atoms with Crippen LogP contribution in [0.4, 0.5) is 4.39 Å². The van der Waals surface area contributed by atoms with Crippen LogP contribution in [0.15, 0.2) is 52.7 Å². The number of carbonyl (C=O) groups is 1. The van der Waals surface area contributed by atoms with Gasteiger partial charge in [0.05, 0.1) is 11.4 Å². The zero-order valence-corrected chi connectivity index (χ0v) is 22.1.